The van der Waals surface area contributed by atoms with Gasteiger partial charge in [0.25, 0.3) is 5.91 Å². The van der Waals surface area contributed by atoms with Gasteiger partial charge < -0.3 is 14.6 Å². The van der Waals surface area contributed by atoms with E-state index in [0.717, 1.165) is 16.8 Å². The highest BCUT2D eigenvalue weighted by Gasteiger charge is 2.32. The van der Waals surface area contributed by atoms with Crippen LogP contribution in [0.2, 0.25) is 0 Å². The molecule has 1 aromatic heterocycles. The van der Waals surface area contributed by atoms with Gasteiger partial charge in [0.1, 0.15) is 5.58 Å². The first-order valence-electron chi connectivity index (χ1n) is 9.13. The van der Waals surface area contributed by atoms with Crippen molar-refractivity contribution in [1.29, 1.82) is 0 Å². The van der Waals surface area contributed by atoms with E-state index in [4.69, 9.17) is 4.42 Å². The van der Waals surface area contributed by atoms with Crippen molar-refractivity contribution < 1.29 is 14.0 Å². The maximum absolute atomic E-state index is 12.6. The fourth-order valence-corrected chi connectivity index (χ4v) is 3.48. The second-order valence-corrected chi connectivity index (χ2v) is 7.19. The normalized spacial score (nSPS) is 16.6. The Hall–Kier alpha value is -3.41. The lowest BCUT2D eigenvalue weighted by atomic mass is 10.1. The van der Waals surface area contributed by atoms with Crippen molar-refractivity contribution in [2.75, 3.05) is 11.4 Å². The number of amides is 2. The molecule has 1 fully saturated rings. The molecule has 0 saturated carbocycles. The maximum atomic E-state index is 12.6. The number of benzene rings is 2. The first-order chi connectivity index (χ1) is 13.4. The van der Waals surface area contributed by atoms with E-state index in [1.54, 1.807) is 17.0 Å². The predicted octanol–water partition coefficient (Wildman–Crippen LogP) is 2.95. The van der Waals surface area contributed by atoms with Crippen LogP contribution in [0.3, 0.4) is 0 Å². The van der Waals surface area contributed by atoms with Gasteiger partial charge in [-0.2, -0.15) is 0 Å². The molecule has 0 radical (unpaired) electrons. The molecular weight excluding hydrogens is 356 g/mol. The van der Waals surface area contributed by atoms with Gasteiger partial charge in [-0.25, -0.2) is 0 Å². The van der Waals surface area contributed by atoms with Gasteiger partial charge >= 0.3 is 0 Å². The van der Waals surface area contributed by atoms with E-state index >= 15 is 0 Å². The number of nitrogens with one attached hydrogen (secondary N) is 1. The molecule has 2 aromatic carbocycles. The van der Waals surface area contributed by atoms with Crippen molar-refractivity contribution >= 4 is 28.5 Å². The Morgan fingerprint density at radius 1 is 1.07 bits per heavy atom. The Morgan fingerprint density at radius 2 is 1.86 bits per heavy atom. The third kappa shape index (κ3) is 3.41. The number of hydrogen-bond acceptors (Lipinski definition) is 4. The van der Waals surface area contributed by atoms with E-state index in [-0.39, 0.29) is 29.6 Å². The van der Waals surface area contributed by atoms with Gasteiger partial charge in [-0.05, 0) is 49.2 Å². The predicted molar refractivity (Wildman–Crippen MR) is 107 cm³/mol. The van der Waals surface area contributed by atoms with Crippen LogP contribution in [0.1, 0.15) is 28.1 Å². The van der Waals surface area contributed by atoms with Gasteiger partial charge in [0.05, 0.1) is 11.4 Å². The zero-order valence-electron chi connectivity index (χ0n) is 15.7. The Bertz CT molecular complexity index is 1150. The average Bonchev–Trinajstić information content (AvgIpc) is 3.01. The summed E-state index contributed by atoms with van der Waals surface area (Å²) in [6.45, 7) is 4.23. The SMILES string of the molecule is Cc1cccc(N2C[C@H](NC(=O)c3cc(=O)c4ccc(C)cc4o3)CC2=O)c1. The minimum atomic E-state index is -0.496. The quantitative estimate of drug-likeness (QED) is 0.762. The smallest absolute Gasteiger partial charge is 0.287 e. The summed E-state index contributed by atoms with van der Waals surface area (Å²) in [7, 11) is 0. The van der Waals surface area contributed by atoms with E-state index in [1.165, 1.54) is 6.07 Å². The fourth-order valence-electron chi connectivity index (χ4n) is 3.48. The highest BCUT2D eigenvalue weighted by Crippen LogP contribution is 2.23. The second-order valence-electron chi connectivity index (χ2n) is 7.19. The lowest BCUT2D eigenvalue weighted by Crippen LogP contribution is -2.37. The van der Waals surface area contributed by atoms with Crippen molar-refractivity contribution in [2.24, 2.45) is 0 Å². The number of hydrogen-bond donors (Lipinski definition) is 1. The maximum Gasteiger partial charge on any atom is 0.287 e. The van der Waals surface area contributed by atoms with Crippen LogP contribution in [-0.2, 0) is 4.79 Å². The van der Waals surface area contributed by atoms with Crippen molar-refractivity contribution in [2.45, 2.75) is 26.3 Å². The van der Waals surface area contributed by atoms with Gasteiger partial charge in [0, 0.05) is 24.7 Å². The summed E-state index contributed by atoms with van der Waals surface area (Å²) in [5, 5.41) is 3.25. The van der Waals surface area contributed by atoms with Crippen molar-refractivity contribution in [1.82, 2.24) is 5.32 Å². The van der Waals surface area contributed by atoms with Crippen molar-refractivity contribution in [3.05, 3.63) is 75.6 Å². The van der Waals surface area contributed by atoms with Gasteiger partial charge in [0.15, 0.2) is 11.2 Å². The number of anilines is 1. The first kappa shape index (κ1) is 18.0. The van der Waals surface area contributed by atoms with E-state index in [0.29, 0.717) is 17.5 Å². The summed E-state index contributed by atoms with van der Waals surface area (Å²) in [4.78, 5) is 38.9. The molecular formula is C22H20N2O4. The highest BCUT2D eigenvalue weighted by atomic mass is 16.3. The number of fused-ring (bicyclic) bond motifs is 1. The average molecular weight is 376 g/mol. The summed E-state index contributed by atoms with van der Waals surface area (Å²) in [6, 6.07) is 13.8. The largest absolute Gasteiger partial charge is 0.451 e. The third-order valence-corrected chi connectivity index (χ3v) is 4.88. The lowest BCUT2D eigenvalue weighted by molar-refractivity contribution is -0.117. The Morgan fingerprint density at radius 3 is 2.64 bits per heavy atom. The molecule has 1 aliphatic rings. The van der Waals surface area contributed by atoms with Crippen LogP contribution >= 0.6 is 0 Å². The second kappa shape index (κ2) is 6.96. The van der Waals surface area contributed by atoms with Crippen LogP contribution in [-0.4, -0.2) is 24.4 Å². The summed E-state index contributed by atoms with van der Waals surface area (Å²) in [5.74, 6) is -0.597. The van der Waals surface area contributed by atoms with E-state index in [1.807, 2.05) is 44.2 Å². The van der Waals surface area contributed by atoms with Gasteiger partial charge in [-0.1, -0.05) is 18.2 Å². The number of carbonyl (C=O) groups is 2. The van der Waals surface area contributed by atoms with Crippen molar-refractivity contribution in [3.8, 4) is 0 Å². The molecule has 4 rings (SSSR count). The molecule has 1 aliphatic heterocycles. The van der Waals surface area contributed by atoms with Gasteiger partial charge in [-0.3, -0.25) is 14.4 Å². The molecule has 2 heterocycles. The third-order valence-electron chi connectivity index (χ3n) is 4.88. The van der Waals surface area contributed by atoms with E-state index in [9.17, 15) is 14.4 Å². The van der Waals surface area contributed by atoms with Crippen LogP contribution in [0.15, 0.2) is 57.7 Å². The van der Waals surface area contributed by atoms with Crippen LogP contribution < -0.4 is 15.6 Å². The van der Waals surface area contributed by atoms with Gasteiger partial charge in [-0.15, -0.1) is 0 Å². The number of rotatable bonds is 3. The molecule has 142 valence electrons. The molecule has 1 N–H and O–H groups in total. The topological polar surface area (TPSA) is 79.6 Å². The molecule has 6 nitrogen and oxygen atoms in total. The summed E-state index contributed by atoms with van der Waals surface area (Å²) < 4.78 is 5.64. The van der Waals surface area contributed by atoms with Crippen molar-refractivity contribution in [3.63, 3.8) is 0 Å². The molecule has 2 amide bonds. The molecule has 0 spiro atoms. The number of aryl methyl sites for hydroxylation is 2. The molecule has 6 heteroatoms. The number of nitrogens with zero attached hydrogens (tertiary/aromatic N) is 1. The van der Waals surface area contributed by atoms with Crippen LogP contribution in [0, 0.1) is 13.8 Å². The zero-order valence-corrected chi connectivity index (χ0v) is 15.7. The van der Waals surface area contributed by atoms with E-state index < -0.39 is 5.91 Å². The molecule has 0 aliphatic carbocycles. The highest BCUT2D eigenvalue weighted by molar-refractivity contribution is 5.98. The zero-order chi connectivity index (χ0) is 19.8. The summed E-state index contributed by atoms with van der Waals surface area (Å²) >= 11 is 0. The monoisotopic (exact) mass is 376 g/mol. The Balaban J connectivity index is 1.53. The molecule has 0 bridgehead atoms. The Kier molecular flexibility index (Phi) is 4.47. The Labute approximate surface area is 161 Å². The first-order valence-corrected chi connectivity index (χ1v) is 9.13. The molecule has 1 saturated heterocycles. The standard InChI is InChI=1S/C22H20N2O4/c1-13-4-3-5-16(8-13)24-12-15(10-21(24)26)23-22(27)20-11-18(25)17-7-6-14(2)9-19(17)28-20/h3-9,11,15H,10,12H2,1-2H3,(H,23,27)/t15-/m1/s1. The van der Waals surface area contributed by atoms with Crippen LogP contribution in [0.4, 0.5) is 5.69 Å². The molecule has 1 atom stereocenters. The van der Waals surface area contributed by atoms with Crippen LogP contribution in [0.25, 0.3) is 11.0 Å². The fraction of sp³-hybridized carbons (Fsp3) is 0.227. The summed E-state index contributed by atoms with van der Waals surface area (Å²) in [6.07, 6.45) is 0.205. The minimum Gasteiger partial charge on any atom is -0.451 e. The lowest BCUT2D eigenvalue weighted by Gasteiger charge is -2.17. The van der Waals surface area contributed by atoms with Gasteiger partial charge in [0.2, 0.25) is 5.91 Å². The summed E-state index contributed by atoms with van der Waals surface area (Å²) in [5.41, 5.74) is 2.92. The minimum absolute atomic E-state index is 0.0495. The molecule has 28 heavy (non-hydrogen) atoms. The van der Waals surface area contributed by atoms with E-state index in [2.05, 4.69) is 5.32 Å². The van der Waals surface area contributed by atoms with Crippen LogP contribution in [0.5, 0.6) is 0 Å². The molecule has 3 aromatic rings. The molecule has 0 unspecified atom stereocenters. The number of carbonyl (C=O) groups excluding carboxylic acids is 2.